The summed E-state index contributed by atoms with van der Waals surface area (Å²) in [6.07, 6.45) is -4.53. The van der Waals surface area contributed by atoms with Gasteiger partial charge >= 0.3 is 13.8 Å². The Morgan fingerprint density at radius 2 is 1.77 bits per heavy atom. The molecule has 0 heterocycles. The van der Waals surface area contributed by atoms with Crippen molar-refractivity contribution in [2.45, 2.75) is 20.0 Å². The molecule has 0 saturated heterocycles. The highest BCUT2D eigenvalue weighted by atomic mass is 31.2. The number of hydrogen-bond acceptors (Lipinski definition) is 3. The molecule has 0 amide bonds. The average molecular weight is 220 g/mol. The highest BCUT2D eigenvalue weighted by Crippen LogP contribution is 2.48. The Kier molecular flexibility index (Phi) is 4.96. The van der Waals surface area contributed by atoms with Crippen LogP contribution >= 0.6 is 7.60 Å². The van der Waals surface area contributed by atoms with Crippen molar-refractivity contribution in [3.63, 3.8) is 0 Å². The molecule has 0 aliphatic heterocycles. The highest BCUT2D eigenvalue weighted by molar-refractivity contribution is 7.53. The van der Waals surface area contributed by atoms with Crippen LogP contribution in [0.25, 0.3) is 0 Å². The van der Waals surface area contributed by atoms with Crippen molar-refractivity contribution >= 4 is 7.60 Å². The molecule has 0 spiro atoms. The fourth-order valence-electron chi connectivity index (χ4n) is 0.588. The van der Waals surface area contributed by atoms with Gasteiger partial charge in [-0.2, -0.15) is 13.2 Å². The van der Waals surface area contributed by atoms with Gasteiger partial charge in [-0.15, -0.1) is 0 Å². The summed E-state index contributed by atoms with van der Waals surface area (Å²) in [6, 6.07) is 0. The van der Waals surface area contributed by atoms with Crippen molar-refractivity contribution in [1.29, 1.82) is 0 Å². The number of hydrogen-bond donors (Lipinski definition) is 0. The van der Waals surface area contributed by atoms with E-state index in [9.17, 15) is 17.7 Å². The quantitative estimate of drug-likeness (QED) is 0.668. The standard InChI is InChI=1S/C6H12F3O3P/c1-3-11-13(10,4-2)12-5-6(7,8)9/h3-5H2,1-2H3. The molecule has 0 aliphatic carbocycles. The van der Waals surface area contributed by atoms with E-state index in [0.717, 1.165) is 0 Å². The van der Waals surface area contributed by atoms with Crippen molar-refractivity contribution < 1.29 is 26.8 Å². The molecule has 0 aromatic heterocycles. The van der Waals surface area contributed by atoms with Gasteiger partial charge in [0.1, 0.15) is 0 Å². The van der Waals surface area contributed by atoms with E-state index in [1.165, 1.54) is 6.92 Å². The van der Waals surface area contributed by atoms with Gasteiger partial charge in [-0.1, -0.05) is 6.92 Å². The average Bonchev–Trinajstić information content (AvgIpc) is 2.01. The van der Waals surface area contributed by atoms with E-state index >= 15 is 0 Å². The van der Waals surface area contributed by atoms with Gasteiger partial charge < -0.3 is 4.52 Å². The number of halogens is 3. The molecule has 1 unspecified atom stereocenters. The van der Waals surface area contributed by atoms with Crippen molar-refractivity contribution in [2.24, 2.45) is 0 Å². The smallest absolute Gasteiger partial charge is 0.309 e. The van der Waals surface area contributed by atoms with Gasteiger partial charge in [-0.05, 0) is 6.92 Å². The van der Waals surface area contributed by atoms with Crippen LogP contribution < -0.4 is 0 Å². The third-order valence-electron chi connectivity index (χ3n) is 1.14. The van der Waals surface area contributed by atoms with Crippen LogP contribution in [-0.4, -0.2) is 25.6 Å². The molecule has 0 aliphatic rings. The van der Waals surface area contributed by atoms with Gasteiger partial charge in [0, 0.05) is 6.16 Å². The lowest BCUT2D eigenvalue weighted by Gasteiger charge is -2.16. The fraction of sp³-hybridized carbons (Fsp3) is 1.00. The molecule has 0 saturated carbocycles. The van der Waals surface area contributed by atoms with Gasteiger partial charge in [0.2, 0.25) is 0 Å². The lowest BCUT2D eigenvalue weighted by molar-refractivity contribution is -0.155. The summed E-state index contributed by atoms with van der Waals surface area (Å²) in [6.45, 7) is 1.53. The first-order valence-corrected chi connectivity index (χ1v) is 5.50. The van der Waals surface area contributed by atoms with Crippen molar-refractivity contribution in [2.75, 3.05) is 19.4 Å². The zero-order chi connectivity index (χ0) is 10.5. The van der Waals surface area contributed by atoms with Gasteiger partial charge in [0.15, 0.2) is 6.61 Å². The second-order valence-electron chi connectivity index (χ2n) is 2.23. The first-order valence-electron chi connectivity index (χ1n) is 3.78. The maximum atomic E-state index is 11.7. The van der Waals surface area contributed by atoms with Crippen LogP contribution in [-0.2, 0) is 13.6 Å². The van der Waals surface area contributed by atoms with Crippen LogP contribution in [0.1, 0.15) is 13.8 Å². The normalized spacial score (nSPS) is 17.0. The minimum atomic E-state index is -4.47. The predicted octanol–water partition coefficient (Wildman–Crippen LogP) is 2.81. The third kappa shape index (κ3) is 6.07. The number of alkyl halides is 3. The van der Waals surface area contributed by atoms with Crippen LogP contribution in [0.15, 0.2) is 0 Å². The zero-order valence-corrected chi connectivity index (χ0v) is 8.32. The van der Waals surface area contributed by atoms with E-state index in [2.05, 4.69) is 9.05 Å². The van der Waals surface area contributed by atoms with Crippen LogP contribution in [0.2, 0.25) is 0 Å². The summed E-state index contributed by atoms with van der Waals surface area (Å²) in [5.74, 6) is 0. The molecular weight excluding hydrogens is 208 g/mol. The van der Waals surface area contributed by atoms with Crippen molar-refractivity contribution in [1.82, 2.24) is 0 Å². The van der Waals surface area contributed by atoms with Crippen LogP contribution in [0.3, 0.4) is 0 Å². The molecule has 0 rings (SSSR count). The molecule has 0 fully saturated rings. The topological polar surface area (TPSA) is 35.5 Å². The molecule has 0 bridgehead atoms. The largest absolute Gasteiger partial charge is 0.412 e. The molecule has 0 radical (unpaired) electrons. The Hall–Kier alpha value is -0.0600. The summed E-state index contributed by atoms with van der Waals surface area (Å²) in [5.41, 5.74) is 0. The maximum absolute atomic E-state index is 11.7. The SMILES string of the molecule is CCOP(=O)(CC)OCC(F)(F)F. The Balaban J connectivity index is 4.06. The van der Waals surface area contributed by atoms with E-state index in [1.807, 2.05) is 0 Å². The molecule has 0 aromatic carbocycles. The first-order chi connectivity index (χ1) is 5.83. The van der Waals surface area contributed by atoms with Crippen LogP contribution in [0.4, 0.5) is 13.2 Å². The lowest BCUT2D eigenvalue weighted by atomic mass is 10.7. The van der Waals surface area contributed by atoms with E-state index in [0.29, 0.717) is 0 Å². The molecular formula is C6H12F3O3P. The fourth-order valence-corrected chi connectivity index (χ4v) is 1.76. The summed E-state index contributed by atoms with van der Waals surface area (Å²) in [5, 5.41) is 0. The molecule has 7 heteroatoms. The van der Waals surface area contributed by atoms with E-state index in [4.69, 9.17) is 0 Å². The van der Waals surface area contributed by atoms with Crippen molar-refractivity contribution in [3.8, 4) is 0 Å². The lowest BCUT2D eigenvalue weighted by Crippen LogP contribution is -2.16. The minimum absolute atomic E-state index is 0.0586. The van der Waals surface area contributed by atoms with Crippen molar-refractivity contribution in [3.05, 3.63) is 0 Å². The summed E-state index contributed by atoms with van der Waals surface area (Å²) >= 11 is 0. The molecule has 13 heavy (non-hydrogen) atoms. The molecule has 1 atom stereocenters. The first kappa shape index (κ1) is 12.9. The maximum Gasteiger partial charge on any atom is 0.412 e. The van der Waals surface area contributed by atoms with E-state index < -0.39 is 20.4 Å². The number of rotatable bonds is 5. The molecule has 0 N–H and O–H groups in total. The third-order valence-corrected chi connectivity index (χ3v) is 3.09. The summed E-state index contributed by atoms with van der Waals surface area (Å²) in [7, 11) is -3.52. The van der Waals surface area contributed by atoms with Gasteiger partial charge in [-0.3, -0.25) is 9.09 Å². The van der Waals surface area contributed by atoms with E-state index in [-0.39, 0.29) is 12.8 Å². The monoisotopic (exact) mass is 220 g/mol. The van der Waals surface area contributed by atoms with E-state index in [1.54, 1.807) is 6.92 Å². The summed E-state index contributed by atoms with van der Waals surface area (Å²) in [4.78, 5) is 0. The second-order valence-corrected chi connectivity index (χ2v) is 4.60. The molecule has 0 aromatic rings. The Bertz CT molecular complexity index is 192. The second kappa shape index (κ2) is 4.98. The molecule has 3 nitrogen and oxygen atoms in total. The predicted molar refractivity (Wildman–Crippen MR) is 41.8 cm³/mol. The van der Waals surface area contributed by atoms with Gasteiger partial charge in [0.05, 0.1) is 6.61 Å². The summed E-state index contributed by atoms with van der Waals surface area (Å²) < 4.78 is 55.1. The Morgan fingerprint density at radius 3 is 2.08 bits per heavy atom. The van der Waals surface area contributed by atoms with Crippen LogP contribution in [0.5, 0.6) is 0 Å². The van der Waals surface area contributed by atoms with Gasteiger partial charge in [-0.25, -0.2) is 0 Å². The highest BCUT2D eigenvalue weighted by Gasteiger charge is 2.33. The minimum Gasteiger partial charge on any atom is -0.309 e. The van der Waals surface area contributed by atoms with Crippen LogP contribution in [0, 0.1) is 0 Å². The Morgan fingerprint density at radius 1 is 1.23 bits per heavy atom. The Labute approximate surface area is 74.8 Å². The molecule has 80 valence electrons. The zero-order valence-electron chi connectivity index (χ0n) is 7.43. The van der Waals surface area contributed by atoms with Gasteiger partial charge in [0.25, 0.3) is 0 Å².